The molecule has 2 aliphatic rings. The zero-order valence-corrected chi connectivity index (χ0v) is 12.2. The summed E-state index contributed by atoms with van der Waals surface area (Å²) in [6, 6.07) is 2.69. The number of hydrogen-bond donors (Lipinski definition) is 1. The molecule has 0 aliphatic carbocycles. The van der Waals surface area contributed by atoms with Crippen molar-refractivity contribution in [3.05, 3.63) is 24.0 Å². The predicted octanol–water partition coefficient (Wildman–Crippen LogP) is -0.347. The number of piperazine rings is 1. The van der Waals surface area contributed by atoms with Crippen molar-refractivity contribution < 1.29 is 14.4 Å². The molecule has 1 aromatic heterocycles. The number of nitrogens with zero attached hydrogens (tertiary/aromatic N) is 4. The molecule has 2 N–H and O–H groups in total. The zero-order chi connectivity index (χ0) is 15.9. The Morgan fingerprint density at radius 3 is 2.86 bits per heavy atom. The number of carbonyl (C=O) groups is 3. The summed E-state index contributed by atoms with van der Waals surface area (Å²) in [7, 11) is 0. The van der Waals surface area contributed by atoms with Crippen molar-refractivity contribution >= 4 is 23.5 Å². The minimum absolute atomic E-state index is 0.165. The zero-order valence-electron chi connectivity index (χ0n) is 12.2. The van der Waals surface area contributed by atoms with Gasteiger partial charge in [0.2, 0.25) is 0 Å². The van der Waals surface area contributed by atoms with Crippen LogP contribution < -0.4 is 10.6 Å². The number of primary amides is 1. The van der Waals surface area contributed by atoms with Gasteiger partial charge in [0.15, 0.2) is 0 Å². The van der Waals surface area contributed by atoms with Gasteiger partial charge in [-0.15, -0.1) is 0 Å². The molecule has 2 fully saturated rings. The normalized spacial score (nSPS) is 21.3. The number of imide groups is 1. The highest BCUT2D eigenvalue weighted by Crippen LogP contribution is 2.25. The first-order valence-corrected chi connectivity index (χ1v) is 7.15. The maximum absolute atomic E-state index is 12.3. The van der Waals surface area contributed by atoms with Crippen molar-refractivity contribution in [2.75, 3.05) is 31.1 Å². The highest BCUT2D eigenvalue weighted by Gasteiger charge is 2.46. The molecule has 0 bridgehead atoms. The second kappa shape index (κ2) is 5.28. The minimum Gasteiger partial charge on any atom is -0.367 e. The van der Waals surface area contributed by atoms with Crippen LogP contribution >= 0.6 is 0 Å². The molecule has 3 heterocycles. The number of urea groups is 1. The largest absolute Gasteiger partial charge is 0.367 e. The van der Waals surface area contributed by atoms with Crippen LogP contribution in [-0.4, -0.2) is 64.9 Å². The molecule has 2 saturated heterocycles. The minimum atomic E-state index is -0.593. The molecule has 1 aromatic rings. The number of aromatic nitrogens is 1. The molecule has 3 rings (SSSR count). The Hall–Kier alpha value is -2.64. The highest BCUT2D eigenvalue weighted by molar-refractivity contribution is 6.04. The van der Waals surface area contributed by atoms with Gasteiger partial charge in [0, 0.05) is 38.1 Å². The number of amides is 4. The van der Waals surface area contributed by atoms with Gasteiger partial charge in [-0.25, -0.2) is 4.79 Å². The number of anilines is 1. The van der Waals surface area contributed by atoms with Gasteiger partial charge >= 0.3 is 6.03 Å². The Labute approximate surface area is 127 Å². The second-order valence-corrected chi connectivity index (χ2v) is 5.28. The Bertz CT molecular complexity index is 647. The first-order valence-electron chi connectivity index (χ1n) is 7.15. The van der Waals surface area contributed by atoms with E-state index in [0.717, 1.165) is 5.69 Å². The van der Waals surface area contributed by atoms with Crippen molar-refractivity contribution in [2.45, 2.75) is 13.0 Å². The van der Waals surface area contributed by atoms with E-state index in [0.29, 0.717) is 26.2 Å². The molecule has 116 valence electrons. The van der Waals surface area contributed by atoms with Gasteiger partial charge in [0.05, 0.1) is 0 Å². The van der Waals surface area contributed by atoms with Gasteiger partial charge < -0.3 is 15.5 Å². The average molecular weight is 303 g/mol. The van der Waals surface area contributed by atoms with Crippen molar-refractivity contribution in [1.82, 2.24) is 14.8 Å². The molecule has 4 amide bonds. The lowest BCUT2D eigenvalue weighted by molar-refractivity contribution is -0.128. The van der Waals surface area contributed by atoms with E-state index >= 15 is 0 Å². The van der Waals surface area contributed by atoms with Crippen molar-refractivity contribution in [3.8, 4) is 0 Å². The smallest absolute Gasteiger partial charge is 0.327 e. The molecule has 0 spiro atoms. The summed E-state index contributed by atoms with van der Waals surface area (Å²) in [6.07, 6.45) is 1.52. The standard InChI is InChI=1S/C14H17N5O3/c1-2-18-13(21)11-8-17(5-6-19(11)14(18)22)9-3-4-16-10(7-9)12(15)20/h3-4,7,11H,2,5-6,8H2,1H3,(H2,15,20). The van der Waals surface area contributed by atoms with Crippen molar-refractivity contribution in [3.63, 3.8) is 0 Å². The molecule has 2 aliphatic heterocycles. The molecule has 8 nitrogen and oxygen atoms in total. The second-order valence-electron chi connectivity index (χ2n) is 5.28. The van der Waals surface area contributed by atoms with Crippen LogP contribution in [0.5, 0.6) is 0 Å². The molecular formula is C14H17N5O3. The lowest BCUT2D eigenvalue weighted by Crippen LogP contribution is -2.53. The van der Waals surface area contributed by atoms with Gasteiger partial charge in [-0.2, -0.15) is 0 Å². The van der Waals surface area contributed by atoms with Gasteiger partial charge in [0.25, 0.3) is 11.8 Å². The van der Waals surface area contributed by atoms with Crippen LogP contribution in [0, 0.1) is 0 Å². The molecule has 0 saturated carbocycles. The maximum Gasteiger partial charge on any atom is 0.327 e. The summed E-state index contributed by atoms with van der Waals surface area (Å²) >= 11 is 0. The average Bonchev–Trinajstić information content (AvgIpc) is 2.78. The molecule has 1 unspecified atom stereocenters. The van der Waals surface area contributed by atoms with Crippen LogP contribution in [0.25, 0.3) is 0 Å². The van der Waals surface area contributed by atoms with Crippen LogP contribution in [0.2, 0.25) is 0 Å². The Morgan fingerprint density at radius 2 is 2.18 bits per heavy atom. The fraction of sp³-hybridized carbons (Fsp3) is 0.429. The fourth-order valence-electron chi connectivity index (χ4n) is 2.93. The summed E-state index contributed by atoms with van der Waals surface area (Å²) in [6.45, 7) is 3.64. The van der Waals surface area contributed by atoms with E-state index in [2.05, 4.69) is 4.98 Å². The quantitative estimate of drug-likeness (QED) is 0.770. The number of rotatable bonds is 3. The first-order chi connectivity index (χ1) is 10.5. The predicted molar refractivity (Wildman–Crippen MR) is 78.2 cm³/mol. The lowest BCUT2D eigenvalue weighted by Gasteiger charge is -2.36. The first kappa shape index (κ1) is 14.3. The van der Waals surface area contributed by atoms with E-state index in [1.807, 2.05) is 4.90 Å². The van der Waals surface area contributed by atoms with E-state index in [4.69, 9.17) is 5.73 Å². The molecule has 8 heteroatoms. The third-order valence-electron chi connectivity index (χ3n) is 4.09. The Morgan fingerprint density at radius 1 is 1.41 bits per heavy atom. The van der Waals surface area contributed by atoms with Gasteiger partial charge in [-0.05, 0) is 19.1 Å². The van der Waals surface area contributed by atoms with Crippen LogP contribution in [0.3, 0.4) is 0 Å². The summed E-state index contributed by atoms with van der Waals surface area (Å²) < 4.78 is 0. The van der Waals surface area contributed by atoms with Crippen molar-refractivity contribution in [2.24, 2.45) is 5.73 Å². The highest BCUT2D eigenvalue weighted by atomic mass is 16.2. The van der Waals surface area contributed by atoms with Crippen LogP contribution in [0.4, 0.5) is 10.5 Å². The molecule has 0 radical (unpaired) electrons. The summed E-state index contributed by atoms with van der Waals surface area (Å²) in [5, 5.41) is 0. The van der Waals surface area contributed by atoms with Crippen LogP contribution in [-0.2, 0) is 4.79 Å². The van der Waals surface area contributed by atoms with E-state index in [1.54, 1.807) is 24.0 Å². The molecule has 1 atom stereocenters. The summed E-state index contributed by atoms with van der Waals surface area (Å²) in [5.41, 5.74) is 6.20. The topological polar surface area (TPSA) is 99.8 Å². The number of hydrogen-bond acceptors (Lipinski definition) is 5. The number of likely N-dealkylation sites (N-methyl/N-ethyl adjacent to an activating group) is 1. The number of nitrogens with two attached hydrogens (primary N) is 1. The van der Waals surface area contributed by atoms with Gasteiger partial charge in [0.1, 0.15) is 11.7 Å². The van der Waals surface area contributed by atoms with Crippen molar-refractivity contribution in [1.29, 1.82) is 0 Å². The van der Waals surface area contributed by atoms with Crippen LogP contribution in [0.1, 0.15) is 17.4 Å². The number of fused-ring (bicyclic) bond motifs is 1. The van der Waals surface area contributed by atoms with Crippen LogP contribution in [0.15, 0.2) is 18.3 Å². The van der Waals surface area contributed by atoms with Gasteiger partial charge in [-0.1, -0.05) is 0 Å². The third kappa shape index (κ3) is 2.16. The Kier molecular flexibility index (Phi) is 3.44. The fourth-order valence-corrected chi connectivity index (χ4v) is 2.93. The maximum atomic E-state index is 12.3. The summed E-state index contributed by atoms with van der Waals surface area (Å²) in [4.78, 5) is 44.4. The molecule has 22 heavy (non-hydrogen) atoms. The van der Waals surface area contributed by atoms with E-state index in [9.17, 15) is 14.4 Å². The molecular weight excluding hydrogens is 286 g/mol. The SMILES string of the molecule is CCN1C(=O)C2CN(c3ccnc(C(N)=O)c3)CCN2C1=O. The Balaban J connectivity index is 1.82. The monoisotopic (exact) mass is 303 g/mol. The number of pyridine rings is 1. The lowest BCUT2D eigenvalue weighted by atomic mass is 10.1. The van der Waals surface area contributed by atoms with Gasteiger partial charge in [-0.3, -0.25) is 19.5 Å². The summed E-state index contributed by atoms with van der Waals surface area (Å²) in [5.74, 6) is -0.758. The van der Waals surface area contributed by atoms with E-state index < -0.39 is 11.9 Å². The third-order valence-corrected chi connectivity index (χ3v) is 4.09. The van der Waals surface area contributed by atoms with E-state index in [1.165, 1.54) is 11.1 Å². The van der Waals surface area contributed by atoms with E-state index in [-0.39, 0.29) is 17.6 Å². The number of carbonyl (C=O) groups excluding carboxylic acids is 3. The molecule has 0 aromatic carbocycles.